The molecular formula is C50H34N2O. The molecule has 250 valence electrons. The standard InChI is InChI=1S/C50H34N2O/c1-3-17-38(18-4-1)51(39-19-5-2-6-20-39)40-21-13-22-41(33-40)52(42-29-31-50-47(34-42)46-24-9-10-27-49(46)53-50)48-26-12-16-36-32-37(28-30-45(36)48)44-25-11-15-35-14-7-8-23-43(35)44/h1-34H. The van der Waals surface area contributed by atoms with Crippen molar-refractivity contribution in [1.82, 2.24) is 0 Å². The summed E-state index contributed by atoms with van der Waals surface area (Å²) in [7, 11) is 0. The summed E-state index contributed by atoms with van der Waals surface area (Å²) in [5.74, 6) is 0. The van der Waals surface area contributed by atoms with Crippen molar-refractivity contribution in [2.75, 3.05) is 9.80 Å². The van der Waals surface area contributed by atoms with Crippen molar-refractivity contribution in [1.29, 1.82) is 0 Å². The average Bonchev–Trinajstić information content (AvgIpc) is 3.60. The number of benzene rings is 9. The first-order chi connectivity index (χ1) is 26.3. The maximum atomic E-state index is 6.28. The molecule has 0 aliphatic carbocycles. The molecular weight excluding hydrogens is 645 g/mol. The van der Waals surface area contributed by atoms with Gasteiger partial charge in [-0.2, -0.15) is 0 Å². The van der Waals surface area contributed by atoms with E-state index in [-0.39, 0.29) is 0 Å². The summed E-state index contributed by atoms with van der Waals surface area (Å²) < 4.78 is 6.28. The van der Waals surface area contributed by atoms with Crippen LogP contribution in [0.1, 0.15) is 0 Å². The minimum Gasteiger partial charge on any atom is -0.456 e. The minimum atomic E-state index is 0.876. The number of para-hydroxylation sites is 3. The lowest BCUT2D eigenvalue weighted by molar-refractivity contribution is 0.669. The van der Waals surface area contributed by atoms with Crippen LogP contribution in [0, 0.1) is 0 Å². The molecule has 0 aliphatic heterocycles. The van der Waals surface area contributed by atoms with Crippen molar-refractivity contribution < 1.29 is 4.42 Å². The Hall–Kier alpha value is -7.10. The Morgan fingerprint density at radius 2 is 0.887 bits per heavy atom. The predicted octanol–water partition coefficient (Wildman–Crippen LogP) is 14.5. The molecule has 9 aromatic carbocycles. The van der Waals surface area contributed by atoms with Crippen LogP contribution < -0.4 is 9.80 Å². The summed E-state index contributed by atoms with van der Waals surface area (Å²) in [6.07, 6.45) is 0. The molecule has 0 bridgehead atoms. The molecule has 3 heteroatoms. The van der Waals surface area contributed by atoms with Crippen LogP contribution in [0.2, 0.25) is 0 Å². The Balaban J connectivity index is 1.18. The van der Waals surface area contributed by atoms with Crippen LogP contribution in [0.3, 0.4) is 0 Å². The summed E-state index contributed by atoms with van der Waals surface area (Å²) in [5.41, 5.74) is 10.7. The highest BCUT2D eigenvalue weighted by atomic mass is 16.3. The van der Waals surface area contributed by atoms with Gasteiger partial charge in [-0.15, -0.1) is 0 Å². The van der Waals surface area contributed by atoms with Gasteiger partial charge < -0.3 is 14.2 Å². The molecule has 0 N–H and O–H groups in total. The first-order valence-corrected chi connectivity index (χ1v) is 18.0. The van der Waals surface area contributed by atoms with Crippen molar-refractivity contribution in [3.05, 3.63) is 206 Å². The highest BCUT2D eigenvalue weighted by Gasteiger charge is 2.20. The summed E-state index contributed by atoms with van der Waals surface area (Å²) in [4.78, 5) is 4.70. The number of rotatable bonds is 7. The van der Waals surface area contributed by atoms with Gasteiger partial charge in [-0.25, -0.2) is 0 Å². The van der Waals surface area contributed by atoms with Crippen molar-refractivity contribution in [2.45, 2.75) is 0 Å². The average molecular weight is 679 g/mol. The van der Waals surface area contributed by atoms with Gasteiger partial charge in [-0.3, -0.25) is 0 Å². The van der Waals surface area contributed by atoms with E-state index in [0.29, 0.717) is 0 Å². The van der Waals surface area contributed by atoms with Gasteiger partial charge in [0.2, 0.25) is 0 Å². The second-order valence-electron chi connectivity index (χ2n) is 13.4. The second kappa shape index (κ2) is 12.9. The van der Waals surface area contributed by atoms with Crippen LogP contribution in [0.5, 0.6) is 0 Å². The van der Waals surface area contributed by atoms with Gasteiger partial charge in [-0.1, -0.05) is 127 Å². The molecule has 0 spiro atoms. The maximum Gasteiger partial charge on any atom is 0.135 e. The Morgan fingerprint density at radius 3 is 1.70 bits per heavy atom. The van der Waals surface area contributed by atoms with Crippen molar-refractivity contribution in [3.8, 4) is 11.1 Å². The molecule has 0 saturated heterocycles. The third-order valence-electron chi connectivity index (χ3n) is 10.2. The fourth-order valence-electron chi connectivity index (χ4n) is 7.76. The lowest BCUT2D eigenvalue weighted by Crippen LogP contribution is -2.13. The van der Waals surface area contributed by atoms with Crippen molar-refractivity contribution in [3.63, 3.8) is 0 Å². The molecule has 0 amide bonds. The Labute approximate surface area is 308 Å². The summed E-state index contributed by atoms with van der Waals surface area (Å²) in [5, 5.41) is 7.04. The molecule has 1 heterocycles. The van der Waals surface area contributed by atoms with E-state index in [9.17, 15) is 0 Å². The second-order valence-corrected chi connectivity index (χ2v) is 13.4. The van der Waals surface area contributed by atoms with Gasteiger partial charge in [0, 0.05) is 44.6 Å². The zero-order valence-corrected chi connectivity index (χ0v) is 28.9. The summed E-state index contributed by atoms with van der Waals surface area (Å²) >= 11 is 0. The third-order valence-corrected chi connectivity index (χ3v) is 10.2. The van der Waals surface area contributed by atoms with E-state index in [4.69, 9.17) is 4.42 Å². The molecule has 10 rings (SSSR count). The molecule has 0 aliphatic rings. The van der Waals surface area contributed by atoms with E-state index in [0.717, 1.165) is 56.1 Å². The SMILES string of the molecule is c1ccc(N(c2ccccc2)c2cccc(N(c3ccc4oc5ccccc5c4c3)c3cccc4cc(-c5cccc6ccccc56)ccc34)c2)cc1. The molecule has 10 aromatic rings. The Morgan fingerprint density at radius 1 is 0.302 bits per heavy atom. The van der Waals surface area contributed by atoms with E-state index in [1.54, 1.807) is 0 Å². The molecule has 53 heavy (non-hydrogen) atoms. The van der Waals surface area contributed by atoms with Gasteiger partial charge in [0.25, 0.3) is 0 Å². The zero-order valence-electron chi connectivity index (χ0n) is 28.9. The maximum absolute atomic E-state index is 6.28. The molecule has 0 fully saturated rings. The zero-order chi connectivity index (χ0) is 35.1. The molecule has 0 radical (unpaired) electrons. The number of nitrogens with zero attached hydrogens (tertiary/aromatic N) is 2. The fourth-order valence-corrected chi connectivity index (χ4v) is 7.76. The number of fused-ring (bicyclic) bond motifs is 5. The number of furan rings is 1. The predicted molar refractivity (Wildman–Crippen MR) is 224 cm³/mol. The highest BCUT2D eigenvalue weighted by molar-refractivity contribution is 6.08. The van der Waals surface area contributed by atoms with E-state index in [2.05, 4.69) is 204 Å². The van der Waals surface area contributed by atoms with Crippen LogP contribution in [0.15, 0.2) is 211 Å². The van der Waals surface area contributed by atoms with E-state index in [1.807, 2.05) is 12.1 Å². The van der Waals surface area contributed by atoms with Crippen LogP contribution in [0.25, 0.3) is 54.6 Å². The smallest absolute Gasteiger partial charge is 0.135 e. The normalized spacial score (nSPS) is 11.4. The van der Waals surface area contributed by atoms with Crippen LogP contribution >= 0.6 is 0 Å². The largest absolute Gasteiger partial charge is 0.456 e. The summed E-state index contributed by atoms with van der Waals surface area (Å²) in [6, 6.07) is 73.5. The van der Waals surface area contributed by atoms with Crippen molar-refractivity contribution >= 4 is 77.6 Å². The lowest BCUT2D eigenvalue weighted by Gasteiger charge is -2.30. The first kappa shape index (κ1) is 30.7. The van der Waals surface area contributed by atoms with Crippen molar-refractivity contribution in [2.24, 2.45) is 0 Å². The molecule has 0 atom stereocenters. The fraction of sp³-hybridized carbons (Fsp3) is 0. The van der Waals surface area contributed by atoms with Gasteiger partial charge >= 0.3 is 0 Å². The summed E-state index contributed by atoms with van der Waals surface area (Å²) in [6.45, 7) is 0. The Kier molecular flexibility index (Phi) is 7.47. The number of hydrogen-bond donors (Lipinski definition) is 0. The lowest BCUT2D eigenvalue weighted by atomic mass is 9.95. The molecule has 0 saturated carbocycles. The van der Waals surface area contributed by atoms with E-state index in [1.165, 1.54) is 32.7 Å². The van der Waals surface area contributed by atoms with Gasteiger partial charge in [0.1, 0.15) is 11.2 Å². The third kappa shape index (κ3) is 5.47. The van der Waals surface area contributed by atoms with Crippen LogP contribution in [-0.2, 0) is 0 Å². The van der Waals surface area contributed by atoms with Crippen LogP contribution in [-0.4, -0.2) is 0 Å². The monoisotopic (exact) mass is 678 g/mol. The molecule has 3 nitrogen and oxygen atoms in total. The molecule has 1 aromatic heterocycles. The first-order valence-electron chi connectivity index (χ1n) is 18.0. The van der Waals surface area contributed by atoms with Gasteiger partial charge in [0.05, 0.1) is 5.69 Å². The van der Waals surface area contributed by atoms with Crippen LogP contribution in [0.4, 0.5) is 34.1 Å². The quantitative estimate of drug-likeness (QED) is 0.167. The molecule has 0 unspecified atom stereocenters. The van der Waals surface area contributed by atoms with Gasteiger partial charge in [0.15, 0.2) is 0 Å². The van der Waals surface area contributed by atoms with E-state index < -0.39 is 0 Å². The number of anilines is 6. The highest BCUT2D eigenvalue weighted by Crippen LogP contribution is 2.44. The number of hydrogen-bond acceptors (Lipinski definition) is 3. The minimum absolute atomic E-state index is 0.876. The topological polar surface area (TPSA) is 19.6 Å². The van der Waals surface area contributed by atoms with Gasteiger partial charge in [-0.05, 0) is 106 Å². The van der Waals surface area contributed by atoms with E-state index >= 15 is 0 Å². The Bertz CT molecular complexity index is 2870.